The van der Waals surface area contributed by atoms with E-state index < -0.39 is 0 Å². The van der Waals surface area contributed by atoms with Crippen molar-refractivity contribution >= 4 is 34.5 Å². The van der Waals surface area contributed by atoms with Crippen LogP contribution in [0.4, 0.5) is 5.69 Å². The summed E-state index contributed by atoms with van der Waals surface area (Å²) in [5.41, 5.74) is 9.81. The predicted octanol–water partition coefficient (Wildman–Crippen LogP) is 3.89. The van der Waals surface area contributed by atoms with Crippen molar-refractivity contribution in [3.05, 3.63) is 64.2 Å². The van der Waals surface area contributed by atoms with Crippen LogP contribution in [0.15, 0.2) is 42.5 Å². The highest BCUT2D eigenvalue weighted by molar-refractivity contribution is 7.80. The fourth-order valence-electron chi connectivity index (χ4n) is 1.86. The van der Waals surface area contributed by atoms with Gasteiger partial charge in [-0.3, -0.25) is 0 Å². The average Bonchev–Trinajstić information content (AvgIpc) is 2.37. The van der Waals surface area contributed by atoms with E-state index in [0.29, 0.717) is 11.5 Å². The zero-order valence-corrected chi connectivity index (χ0v) is 12.2. The van der Waals surface area contributed by atoms with Gasteiger partial charge in [-0.05, 0) is 36.8 Å². The highest BCUT2D eigenvalue weighted by Gasteiger charge is 2.05. The second-order valence-electron chi connectivity index (χ2n) is 4.40. The molecule has 2 aromatic rings. The largest absolute Gasteiger partial charge is 0.389 e. The number of thiocarbonyl (C=S) groups is 1. The van der Waals surface area contributed by atoms with Gasteiger partial charge >= 0.3 is 0 Å². The molecule has 0 unspecified atom stereocenters. The smallest absolute Gasteiger partial charge is 0.106 e. The summed E-state index contributed by atoms with van der Waals surface area (Å²) < 4.78 is 0. The summed E-state index contributed by atoms with van der Waals surface area (Å²) in [4.78, 5) is 0.400. The quantitative estimate of drug-likeness (QED) is 0.839. The van der Waals surface area contributed by atoms with Gasteiger partial charge in [-0.15, -0.1) is 0 Å². The molecule has 0 aliphatic carbocycles. The first-order valence-corrected chi connectivity index (χ1v) is 6.73. The molecule has 0 bridgehead atoms. The number of benzene rings is 2. The molecule has 19 heavy (non-hydrogen) atoms. The third-order valence-corrected chi connectivity index (χ3v) is 3.27. The van der Waals surface area contributed by atoms with Gasteiger partial charge in [0.2, 0.25) is 0 Å². The molecule has 2 aromatic carbocycles. The molecule has 0 radical (unpaired) electrons. The van der Waals surface area contributed by atoms with E-state index >= 15 is 0 Å². The number of hydrogen-bond donors (Lipinski definition) is 2. The normalized spacial score (nSPS) is 10.2. The zero-order valence-electron chi connectivity index (χ0n) is 10.6. The molecule has 0 amide bonds. The monoisotopic (exact) mass is 290 g/mol. The predicted molar refractivity (Wildman–Crippen MR) is 85.8 cm³/mol. The van der Waals surface area contributed by atoms with Gasteiger partial charge in [-0.25, -0.2) is 0 Å². The van der Waals surface area contributed by atoms with Crippen LogP contribution in [-0.2, 0) is 6.54 Å². The third-order valence-electron chi connectivity index (χ3n) is 2.81. The lowest BCUT2D eigenvalue weighted by Gasteiger charge is -2.12. The summed E-state index contributed by atoms with van der Waals surface area (Å²) in [6, 6.07) is 13.8. The van der Waals surface area contributed by atoms with Gasteiger partial charge in [0, 0.05) is 22.8 Å². The summed E-state index contributed by atoms with van der Waals surface area (Å²) in [7, 11) is 0. The van der Waals surface area contributed by atoms with Gasteiger partial charge in [0.05, 0.1) is 0 Å². The molecular formula is C15H15ClN2S. The molecule has 0 aliphatic heterocycles. The molecule has 0 spiro atoms. The van der Waals surface area contributed by atoms with Gasteiger partial charge in [-0.2, -0.15) is 0 Å². The molecule has 0 aliphatic rings. The van der Waals surface area contributed by atoms with Crippen LogP contribution in [0.3, 0.4) is 0 Å². The van der Waals surface area contributed by atoms with Crippen LogP contribution >= 0.6 is 23.8 Å². The molecule has 98 valence electrons. The fraction of sp³-hybridized carbons (Fsp3) is 0.133. The molecule has 3 N–H and O–H groups in total. The maximum atomic E-state index is 5.96. The number of aryl methyl sites for hydroxylation is 1. The van der Waals surface area contributed by atoms with Crippen LogP contribution in [0, 0.1) is 6.92 Å². The van der Waals surface area contributed by atoms with E-state index in [4.69, 9.17) is 29.6 Å². The van der Waals surface area contributed by atoms with E-state index in [1.54, 1.807) is 0 Å². The van der Waals surface area contributed by atoms with Crippen LogP contribution in [-0.4, -0.2) is 4.99 Å². The van der Waals surface area contributed by atoms with E-state index in [0.717, 1.165) is 27.4 Å². The van der Waals surface area contributed by atoms with Crippen molar-refractivity contribution in [3.8, 4) is 0 Å². The SMILES string of the molecule is Cc1ccc(NCc2cccc(Cl)c2)c(C(N)=S)c1. The molecule has 0 fully saturated rings. The number of rotatable bonds is 4. The highest BCUT2D eigenvalue weighted by Crippen LogP contribution is 2.19. The number of halogens is 1. The van der Waals surface area contributed by atoms with Crippen molar-refractivity contribution in [2.24, 2.45) is 5.73 Å². The van der Waals surface area contributed by atoms with Gasteiger partial charge in [0.1, 0.15) is 4.99 Å². The van der Waals surface area contributed by atoms with Crippen molar-refractivity contribution in [2.75, 3.05) is 5.32 Å². The van der Waals surface area contributed by atoms with Gasteiger partial charge in [-0.1, -0.05) is 47.6 Å². The number of nitrogens with two attached hydrogens (primary N) is 1. The molecule has 0 saturated carbocycles. The number of hydrogen-bond acceptors (Lipinski definition) is 2. The van der Waals surface area contributed by atoms with Crippen LogP contribution in [0.2, 0.25) is 5.02 Å². The van der Waals surface area contributed by atoms with Crippen molar-refractivity contribution in [3.63, 3.8) is 0 Å². The molecule has 0 saturated heterocycles. The van der Waals surface area contributed by atoms with Gasteiger partial charge in [0.25, 0.3) is 0 Å². The van der Waals surface area contributed by atoms with Crippen molar-refractivity contribution < 1.29 is 0 Å². The van der Waals surface area contributed by atoms with Gasteiger partial charge < -0.3 is 11.1 Å². The fourth-order valence-corrected chi connectivity index (χ4v) is 2.24. The summed E-state index contributed by atoms with van der Waals surface area (Å²) in [6.45, 7) is 2.70. The van der Waals surface area contributed by atoms with Crippen LogP contribution in [0.5, 0.6) is 0 Å². The molecule has 0 aromatic heterocycles. The number of nitrogens with one attached hydrogen (secondary N) is 1. The van der Waals surface area contributed by atoms with Crippen LogP contribution in [0.25, 0.3) is 0 Å². The van der Waals surface area contributed by atoms with Crippen LogP contribution < -0.4 is 11.1 Å². The lowest BCUT2D eigenvalue weighted by Crippen LogP contribution is -2.13. The van der Waals surface area contributed by atoms with E-state index in [-0.39, 0.29) is 0 Å². The Bertz CT molecular complexity index is 611. The lowest BCUT2D eigenvalue weighted by molar-refractivity contribution is 1.15. The Morgan fingerprint density at radius 3 is 2.74 bits per heavy atom. The van der Waals surface area contributed by atoms with E-state index in [1.165, 1.54) is 0 Å². The van der Waals surface area contributed by atoms with E-state index in [1.807, 2.05) is 49.4 Å². The summed E-state index contributed by atoms with van der Waals surface area (Å²) in [5, 5.41) is 4.07. The molecule has 2 nitrogen and oxygen atoms in total. The molecule has 0 atom stereocenters. The first-order valence-electron chi connectivity index (χ1n) is 5.95. The first-order chi connectivity index (χ1) is 9.06. The van der Waals surface area contributed by atoms with Crippen molar-refractivity contribution in [1.82, 2.24) is 0 Å². The minimum atomic E-state index is 0.400. The Balaban J connectivity index is 2.17. The second kappa shape index (κ2) is 6.04. The zero-order chi connectivity index (χ0) is 13.8. The lowest BCUT2D eigenvalue weighted by atomic mass is 10.1. The maximum Gasteiger partial charge on any atom is 0.106 e. The Morgan fingerprint density at radius 2 is 2.05 bits per heavy atom. The molecule has 4 heteroatoms. The summed E-state index contributed by atoms with van der Waals surface area (Å²) in [6.07, 6.45) is 0. The van der Waals surface area contributed by atoms with Crippen molar-refractivity contribution in [2.45, 2.75) is 13.5 Å². The highest BCUT2D eigenvalue weighted by atomic mass is 35.5. The van der Waals surface area contributed by atoms with E-state index in [9.17, 15) is 0 Å². The third kappa shape index (κ3) is 3.69. The van der Waals surface area contributed by atoms with E-state index in [2.05, 4.69) is 5.32 Å². The molecule has 2 rings (SSSR count). The topological polar surface area (TPSA) is 38.0 Å². The average molecular weight is 291 g/mol. The first kappa shape index (κ1) is 13.8. The Labute approximate surface area is 123 Å². The maximum absolute atomic E-state index is 5.96. The molecular weight excluding hydrogens is 276 g/mol. The minimum absolute atomic E-state index is 0.400. The Morgan fingerprint density at radius 1 is 1.26 bits per heavy atom. The van der Waals surface area contributed by atoms with Crippen LogP contribution in [0.1, 0.15) is 16.7 Å². The number of anilines is 1. The molecule has 0 heterocycles. The van der Waals surface area contributed by atoms with Crippen molar-refractivity contribution in [1.29, 1.82) is 0 Å². The second-order valence-corrected chi connectivity index (χ2v) is 5.27. The standard InChI is InChI=1S/C15H15ClN2S/c1-10-5-6-14(13(7-10)15(17)19)18-9-11-3-2-4-12(16)8-11/h2-8,18H,9H2,1H3,(H2,17,19). The summed E-state index contributed by atoms with van der Waals surface area (Å²) in [5.74, 6) is 0. The Kier molecular flexibility index (Phi) is 4.40. The minimum Gasteiger partial charge on any atom is -0.389 e. The van der Waals surface area contributed by atoms with Gasteiger partial charge in [0.15, 0.2) is 0 Å². The Hall–Kier alpha value is -1.58. The summed E-state index contributed by atoms with van der Waals surface area (Å²) >= 11 is 11.0.